The second kappa shape index (κ2) is 5.20. The molecule has 104 valence electrons. The molecule has 1 atom stereocenters. The summed E-state index contributed by atoms with van der Waals surface area (Å²) in [5.41, 5.74) is 1.19. The van der Waals surface area contributed by atoms with Crippen molar-refractivity contribution in [2.75, 3.05) is 0 Å². The first-order valence-corrected chi connectivity index (χ1v) is 6.42. The minimum atomic E-state index is -0.721. The van der Waals surface area contributed by atoms with E-state index in [2.05, 4.69) is 10.3 Å². The van der Waals surface area contributed by atoms with E-state index in [-0.39, 0.29) is 11.3 Å². The fraction of sp³-hybridized carbons (Fsp3) is 0.0625. The molecule has 1 aliphatic rings. The van der Waals surface area contributed by atoms with Crippen LogP contribution < -0.4 is 5.32 Å². The van der Waals surface area contributed by atoms with E-state index in [1.54, 1.807) is 54.9 Å². The number of aliphatic hydroxyl groups is 1. The zero-order valence-corrected chi connectivity index (χ0v) is 11.0. The summed E-state index contributed by atoms with van der Waals surface area (Å²) in [5, 5.41) is 13.0. The highest BCUT2D eigenvalue weighted by Gasteiger charge is 2.39. The number of hydrogen-bond donors (Lipinski definition) is 2. The molecule has 0 spiro atoms. The van der Waals surface area contributed by atoms with E-state index in [4.69, 9.17) is 0 Å². The predicted octanol–water partition coefficient (Wildman–Crippen LogP) is 1.79. The van der Waals surface area contributed by atoms with Crippen molar-refractivity contribution in [2.45, 2.75) is 6.04 Å². The van der Waals surface area contributed by atoms with Gasteiger partial charge in [-0.2, -0.15) is 0 Å². The molecule has 0 saturated carbocycles. The lowest BCUT2D eigenvalue weighted by Gasteiger charge is -2.13. The molecule has 1 aromatic heterocycles. The van der Waals surface area contributed by atoms with Crippen LogP contribution in [0.2, 0.25) is 0 Å². The molecule has 2 heterocycles. The van der Waals surface area contributed by atoms with Crippen molar-refractivity contribution in [3.8, 4) is 0 Å². The Hall–Kier alpha value is -2.95. The van der Waals surface area contributed by atoms with E-state index in [1.165, 1.54) is 0 Å². The third kappa shape index (κ3) is 2.29. The molecule has 1 saturated heterocycles. The Kier molecular flexibility index (Phi) is 3.23. The standard InChI is InChI=1S/C16H12N2O3/c19-14(10-5-2-1-3-6-10)12-13(18-16(21)15(12)20)11-7-4-8-17-9-11/h1-9,13,19H,(H,18,21)/t13-/m1/s1. The van der Waals surface area contributed by atoms with Crippen LogP contribution in [0.3, 0.4) is 0 Å². The molecule has 3 rings (SSSR count). The summed E-state index contributed by atoms with van der Waals surface area (Å²) in [6, 6.07) is 11.4. The summed E-state index contributed by atoms with van der Waals surface area (Å²) in [6.45, 7) is 0. The quantitative estimate of drug-likeness (QED) is 0.499. The monoisotopic (exact) mass is 280 g/mol. The molecule has 0 bridgehead atoms. The van der Waals surface area contributed by atoms with E-state index in [0.29, 0.717) is 11.1 Å². The maximum absolute atomic E-state index is 12.1. The van der Waals surface area contributed by atoms with Crippen molar-refractivity contribution in [1.82, 2.24) is 10.3 Å². The van der Waals surface area contributed by atoms with Crippen molar-refractivity contribution >= 4 is 17.4 Å². The van der Waals surface area contributed by atoms with Gasteiger partial charge in [-0.25, -0.2) is 0 Å². The Morgan fingerprint density at radius 3 is 2.52 bits per heavy atom. The normalized spacial score (nSPS) is 20.3. The lowest BCUT2D eigenvalue weighted by Crippen LogP contribution is -2.21. The summed E-state index contributed by atoms with van der Waals surface area (Å²) < 4.78 is 0. The van der Waals surface area contributed by atoms with Crippen molar-refractivity contribution in [2.24, 2.45) is 0 Å². The molecule has 1 aliphatic heterocycles. The number of aromatic nitrogens is 1. The highest BCUT2D eigenvalue weighted by molar-refractivity contribution is 6.46. The van der Waals surface area contributed by atoms with Crippen LogP contribution in [0, 0.1) is 0 Å². The molecular weight excluding hydrogens is 268 g/mol. The lowest BCUT2D eigenvalue weighted by atomic mass is 9.97. The van der Waals surface area contributed by atoms with Gasteiger partial charge in [0.25, 0.3) is 11.7 Å². The average molecular weight is 280 g/mol. The largest absolute Gasteiger partial charge is 0.507 e. The van der Waals surface area contributed by atoms with E-state index in [1.807, 2.05) is 0 Å². The zero-order chi connectivity index (χ0) is 14.8. The zero-order valence-electron chi connectivity index (χ0n) is 11.0. The van der Waals surface area contributed by atoms with Crippen LogP contribution in [0.5, 0.6) is 0 Å². The summed E-state index contributed by atoms with van der Waals surface area (Å²) >= 11 is 0. The van der Waals surface area contributed by atoms with Crippen LogP contribution in [0.15, 0.2) is 60.4 Å². The maximum Gasteiger partial charge on any atom is 0.293 e. The maximum atomic E-state index is 12.1. The molecule has 1 aromatic carbocycles. The Balaban J connectivity index is 2.13. The summed E-state index contributed by atoms with van der Waals surface area (Å²) in [4.78, 5) is 27.7. The molecule has 21 heavy (non-hydrogen) atoms. The summed E-state index contributed by atoms with van der Waals surface area (Å²) in [6.07, 6.45) is 3.16. The minimum absolute atomic E-state index is 0.0548. The molecule has 2 N–H and O–H groups in total. The van der Waals surface area contributed by atoms with Crippen molar-refractivity contribution in [3.63, 3.8) is 0 Å². The highest BCUT2D eigenvalue weighted by atomic mass is 16.3. The number of rotatable bonds is 2. The van der Waals surface area contributed by atoms with Crippen molar-refractivity contribution < 1.29 is 14.7 Å². The number of aliphatic hydroxyl groups excluding tert-OH is 1. The van der Waals surface area contributed by atoms with Gasteiger partial charge in [0.1, 0.15) is 5.76 Å². The fourth-order valence-electron chi connectivity index (χ4n) is 2.31. The molecule has 1 amide bonds. The number of hydrogen-bond acceptors (Lipinski definition) is 4. The second-order valence-electron chi connectivity index (χ2n) is 4.65. The lowest BCUT2D eigenvalue weighted by molar-refractivity contribution is -0.133. The first kappa shape index (κ1) is 13.1. The number of carbonyl (C=O) groups is 2. The SMILES string of the molecule is O=C1N[C@H](c2cccnc2)C(=C(O)c2ccccc2)C1=O. The Labute approximate surface area is 121 Å². The molecule has 2 aromatic rings. The fourth-order valence-corrected chi connectivity index (χ4v) is 2.31. The Morgan fingerprint density at radius 2 is 1.86 bits per heavy atom. The van der Waals surface area contributed by atoms with Gasteiger partial charge in [0.15, 0.2) is 0 Å². The van der Waals surface area contributed by atoms with Gasteiger partial charge < -0.3 is 10.4 Å². The number of Topliss-reactive ketones (excluding diaryl/α,β-unsaturated/α-hetero) is 1. The van der Waals surface area contributed by atoms with Gasteiger partial charge in [-0.15, -0.1) is 0 Å². The van der Waals surface area contributed by atoms with E-state index in [0.717, 1.165) is 0 Å². The van der Waals surface area contributed by atoms with Crippen LogP contribution in [-0.4, -0.2) is 21.8 Å². The van der Waals surface area contributed by atoms with Gasteiger partial charge >= 0.3 is 0 Å². The minimum Gasteiger partial charge on any atom is -0.507 e. The second-order valence-corrected chi connectivity index (χ2v) is 4.65. The molecule has 0 unspecified atom stereocenters. The van der Waals surface area contributed by atoms with Gasteiger partial charge in [-0.1, -0.05) is 36.4 Å². The summed E-state index contributed by atoms with van der Waals surface area (Å²) in [7, 11) is 0. The average Bonchev–Trinajstić information content (AvgIpc) is 2.84. The number of nitrogens with one attached hydrogen (secondary N) is 1. The summed E-state index contributed by atoms with van der Waals surface area (Å²) in [5.74, 6) is -1.63. The first-order valence-electron chi connectivity index (χ1n) is 6.42. The number of ketones is 1. The number of benzene rings is 1. The van der Waals surface area contributed by atoms with E-state index < -0.39 is 17.7 Å². The van der Waals surface area contributed by atoms with E-state index >= 15 is 0 Å². The van der Waals surface area contributed by atoms with Crippen LogP contribution in [0.4, 0.5) is 0 Å². The number of amides is 1. The Bertz CT molecular complexity index is 724. The molecule has 5 heteroatoms. The highest BCUT2D eigenvalue weighted by Crippen LogP contribution is 2.32. The van der Waals surface area contributed by atoms with Crippen LogP contribution in [0.25, 0.3) is 5.76 Å². The third-order valence-electron chi connectivity index (χ3n) is 3.34. The molecule has 0 aliphatic carbocycles. The van der Waals surface area contributed by atoms with E-state index in [9.17, 15) is 14.7 Å². The topological polar surface area (TPSA) is 79.3 Å². The Morgan fingerprint density at radius 1 is 1.10 bits per heavy atom. The van der Waals surface area contributed by atoms with Crippen LogP contribution >= 0.6 is 0 Å². The number of nitrogens with zero attached hydrogens (tertiary/aromatic N) is 1. The van der Waals surface area contributed by atoms with Gasteiger partial charge in [0.05, 0.1) is 11.6 Å². The van der Waals surface area contributed by atoms with Gasteiger partial charge in [0.2, 0.25) is 0 Å². The molecule has 1 fully saturated rings. The van der Waals surface area contributed by atoms with Crippen molar-refractivity contribution in [3.05, 3.63) is 71.6 Å². The van der Waals surface area contributed by atoms with Gasteiger partial charge in [-0.3, -0.25) is 14.6 Å². The van der Waals surface area contributed by atoms with Crippen LogP contribution in [0.1, 0.15) is 17.2 Å². The molecular formula is C16H12N2O3. The van der Waals surface area contributed by atoms with Crippen molar-refractivity contribution in [1.29, 1.82) is 0 Å². The predicted molar refractivity (Wildman–Crippen MR) is 76.1 cm³/mol. The van der Waals surface area contributed by atoms with Crippen LogP contribution in [-0.2, 0) is 9.59 Å². The first-order chi connectivity index (χ1) is 10.2. The number of carbonyl (C=O) groups excluding carboxylic acids is 2. The van der Waals surface area contributed by atoms with Gasteiger partial charge in [-0.05, 0) is 11.6 Å². The molecule has 0 radical (unpaired) electrons. The molecule has 5 nitrogen and oxygen atoms in total. The smallest absolute Gasteiger partial charge is 0.293 e. The van der Waals surface area contributed by atoms with Gasteiger partial charge in [0, 0.05) is 18.0 Å². The number of pyridine rings is 1. The third-order valence-corrected chi connectivity index (χ3v) is 3.34.